The number of hydrogen-bond donors (Lipinski definition) is 0. The summed E-state index contributed by atoms with van der Waals surface area (Å²) in [5.74, 6) is 2.65. The fourth-order valence-electron chi connectivity index (χ4n) is 8.29. The van der Waals surface area contributed by atoms with Crippen LogP contribution < -0.4 is 0 Å². The van der Waals surface area contributed by atoms with Crippen LogP contribution in [0.2, 0.25) is 0 Å². The van der Waals surface area contributed by atoms with Gasteiger partial charge in [-0.25, -0.2) is 4.68 Å². The first-order valence-corrected chi connectivity index (χ1v) is 14.7. The molecular formula is C29H33N3OS2. The number of benzene rings is 1. The Balaban J connectivity index is 1.29. The first-order valence-electron chi connectivity index (χ1n) is 13.5. The van der Waals surface area contributed by atoms with Gasteiger partial charge in [-0.3, -0.25) is 9.69 Å². The van der Waals surface area contributed by atoms with Crippen LogP contribution in [0.4, 0.5) is 0 Å². The van der Waals surface area contributed by atoms with Gasteiger partial charge >= 0.3 is 0 Å². The van der Waals surface area contributed by atoms with Crippen LogP contribution in [0.15, 0.2) is 41.4 Å². The summed E-state index contributed by atoms with van der Waals surface area (Å²) in [6.45, 7) is 0. The number of carbonyl (C=O) groups is 1. The number of hydrogen-bond acceptors (Lipinski definition) is 4. The summed E-state index contributed by atoms with van der Waals surface area (Å²) in [5, 5.41) is 5.27. The Morgan fingerprint density at radius 3 is 2.29 bits per heavy atom. The molecule has 2 aromatic rings. The van der Waals surface area contributed by atoms with Gasteiger partial charge in [0.05, 0.1) is 16.3 Å². The van der Waals surface area contributed by atoms with Crippen LogP contribution in [0.3, 0.4) is 0 Å². The summed E-state index contributed by atoms with van der Waals surface area (Å²) in [7, 11) is 0. The fraction of sp³-hybridized carbons (Fsp3) is 0.552. The largest absolute Gasteiger partial charge is 0.290 e. The molecule has 35 heavy (non-hydrogen) atoms. The SMILES string of the molecule is O=C1C(=Cc2cn(-c3ccccc3)nc2C23CC4CC(CC(C4)C2)C3)SC(=S)N1C1CCCCC1. The maximum absolute atomic E-state index is 13.6. The lowest BCUT2D eigenvalue weighted by molar-refractivity contribution is -0.124. The Labute approximate surface area is 217 Å². The molecule has 0 N–H and O–H groups in total. The molecule has 6 aliphatic rings. The standard InChI is InChI=1S/C29H33N3OS2/c33-27-25(35-28(34)32(27)24-9-5-2-6-10-24)14-22-18-31(23-7-3-1-4-8-23)30-26(22)29-15-19-11-20(16-29)13-21(12-19)17-29/h1,3-4,7-8,14,18-21,24H,2,5-6,9-13,15-17H2. The van der Waals surface area contributed by atoms with Crippen LogP contribution in [-0.4, -0.2) is 30.9 Å². The Morgan fingerprint density at radius 2 is 1.63 bits per heavy atom. The minimum Gasteiger partial charge on any atom is -0.290 e. The highest BCUT2D eigenvalue weighted by Gasteiger charge is 2.53. The summed E-state index contributed by atoms with van der Waals surface area (Å²) in [6.07, 6.45) is 18.1. The van der Waals surface area contributed by atoms with Gasteiger partial charge in [-0.2, -0.15) is 5.10 Å². The summed E-state index contributed by atoms with van der Waals surface area (Å²) < 4.78 is 2.78. The van der Waals surface area contributed by atoms with Crippen molar-refractivity contribution in [2.24, 2.45) is 17.8 Å². The third-order valence-corrected chi connectivity index (χ3v) is 10.7. The van der Waals surface area contributed by atoms with Gasteiger partial charge < -0.3 is 0 Å². The van der Waals surface area contributed by atoms with Gasteiger partial charge in [0.2, 0.25) is 0 Å². The minimum absolute atomic E-state index is 0.107. The van der Waals surface area contributed by atoms with Crippen molar-refractivity contribution in [2.45, 2.75) is 82.1 Å². The van der Waals surface area contributed by atoms with Crippen LogP contribution in [-0.2, 0) is 10.2 Å². The van der Waals surface area contributed by atoms with Gasteiger partial charge in [0.15, 0.2) is 0 Å². The lowest BCUT2D eigenvalue weighted by atomic mass is 9.48. The van der Waals surface area contributed by atoms with Crippen LogP contribution in [0.1, 0.15) is 81.9 Å². The first-order chi connectivity index (χ1) is 17.1. The third kappa shape index (κ3) is 3.83. The number of amides is 1. The van der Waals surface area contributed by atoms with Gasteiger partial charge in [-0.05, 0) is 87.3 Å². The molecule has 0 unspecified atom stereocenters. The quantitative estimate of drug-likeness (QED) is 0.337. The van der Waals surface area contributed by atoms with Crippen LogP contribution in [0, 0.1) is 17.8 Å². The van der Waals surface area contributed by atoms with E-state index < -0.39 is 0 Å². The van der Waals surface area contributed by atoms with E-state index in [0.717, 1.165) is 51.1 Å². The Kier molecular flexibility index (Phi) is 5.47. The number of rotatable bonds is 4. The molecule has 6 heteroatoms. The maximum Gasteiger partial charge on any atom is 0.266 e. The number of thiocarbonyl (C=S) groups is 1. The zero-order chi connectivity index (χ0) is 23.6. The Hall–Kier alpha value is -1.92. The molecule has 5 saturated carbocycles. The van der Waals surface area contributed by atoms with Crippen molar-refractivity contribution >= 4 is 40.3 Å². The molecule has 0 radical (unpaired) electrons. The monoisotopic (exact) mass is 503 g/mol. The van der Waals surface area contributed by atoms with Gasteiger partial charge in [0, 0.05) is 23.2 Å². The van der Waals surface area contributed by atoms with Crippen molar-refractivity contribution in [1.29, 1.82) is 0 Å². The molecule has 0 spiro atoms. The molecule has 5 aliphatic carbocycles. The molecule has 1 aliphatic heterocycles. The third-order valence-electron chi connectivity index (χ3n) is 9.35. The first kappa shape index (κ1) is 22.3. The second kappa shape index (κ2) is 8.58. The van der Waals surface area contributed by atoms with E-state index in [9.17, 15) is 4.79 Å². The molecule has 0 atom stereocenters. The smallest absolute Gasteiger partial charge is 0.266 e. The van der Waals surface area contributed by atoms with E-state index in [-0.39, 0.29) is 17.4 Å². The van der Waals surface area contributed by atoms with Crippen molar-refractivity contribution in [3.63, 3.8) is 0 Å². The predicted molar refractivity (Wildman–Crippen MR) is 145 cm³/mol. The maximum atomic E-state index is 13.6. The zero-order valence-corrected chi connectivity index (χ0v) is 21.8. The topological polar surface area (TPSA) is 38.1 Å². The van der Waals surface area contributed by atoms with E-state index in [2.05, 4.69) is 36.5 Å². The highest BCUT2D eigenvalue weighted by Crippen LogP contribution is 2.61. The summed E-state index contributed by atoms with van der Waals surface area (Å²) >= 11 is 7.22. The van der Waals surface area contributed by atoms with E-state index in [1.807, 2.05) is 15.6 Å². The number of nitrogens with zero attached hydrogens (tertiary/aromatic N) is 3. The molecule has 6 fully saturated rings. The molecule has 1 saturated heterocycles. The number of thioether (sulfide) groups is 1. The molecule has 4 nitrogen and oxygen atoms in total. The van der Waals surface area contributed by atoms with Crippen LogP contribution >= 0.6 is 24.0 Å². The van der Waals surface area contributed by atoms with Gasteiger partial charge in [0.1, 0.15) is 4.32 Å². The number of aromatic nitrogens is 2. The van der Waals surface area contributed by atoms with Gasteiger partial charge in [-0.1, -0.05) is 61.4 Å². The van der Waals surface area contributed by atoms with E-state index in [0.29, 0.717) is 0 Å². The van der Waals surface area contributed by atoms with Crippen molar-refractivity contribution in [2.75, 3.05) is 0 Å². The highest BCUT2D eigenvalue weighted by molar-refractivity contribution is 8.26. The number of carbonyl (C=O) groups excluding carboxylic acids is 1. The van der Waals surface area contributed by atoms with Gasteiger partial charge in [-0.15, -0.1) is 0 Å². The average Bonchev–Trinajstić information content (AvgIpc) is 3.40. The predicted octanol–water partition coefficient (Wildman–Crippen LogP) is 6.87. The Morgan fingerprint density at radius 1 is 0.971 bits per heavy atom. The molecule has 1 amide bonds. The van der Waals surface area contributed by atoms with E-state index in [1.165, 1.54) is 75.2 Å². The van der Waals surface area contributed by atoms with Crippen molar-refractivity contribution in [3.05, 3.63) is 52.7 Å². The normalized spacial score (nSPS) is 33.9. The minimum atomic E-state index is 0.107. The lowest BCUT2D eigenvalue weighted by Gasteiger charge is -2.56. The van der Waals surface area contributed by atoms with Crippen LogP contribution in [0.25, 0.3) is 11.8 Å². The van der Waals surface area contributed by atoms with Crippen molar-refractivity contribution in [1.82, 2.24) is 14.7 Å². The lowest BCUT2D eigenvalue weighted by Crippen LogP contribution is -2.49. The van der Waals surface area contributed by atoms with E-state index in [1.54, 1.807) is 0 Å². The molecule has 1 aromatic carbocycles. The number of para-hydroxylation sites is 1. The summed E-state index contributed by atoms with van der Waals surface area (Å²) in [6, 6.07) is 10.7. The summed E-state index contributed by atoms with van der Waals surface area (Å²) in [5.41, 5.74) is 3.59. The Bertz CT molecular complexity index is 1160. The zero-order valence-electron chi connectivity index (χ0n) is 20.2. The molecule has 2 heterocycles. The van der Waals surface area contributed by atoms with Gasteiger partial charge in [0.25, 0.3) is 5.91 Å². The molecule has 4 bridgehead atoms. The molecular weight excluding hydrogens is 470 g/mol. The molecule has 182 valence electrons. The van der Waals surface area contributed by atoms with Crippen LogP contribution in [0.5, 0.6) is 0 Å². The summed E-state index contributed by atoms with van der Waals surface area (Å²) in [4.78, 5) is 16.3. The average molecular weight is 504 g/mol. The molecule has 1 aromatic heterocycles. The van der Waals surface area contributed by atoms with Crippen molar-refractivity contribution in [3.8, 4) is 5.69 Å². The fourth-order valence-corrected chi connectivity index (χ4v) is 9.69. The highest BCUT2D eigenvalue weighted by atomic mass is 32.2. The second-order valence-electron chi connectivity index (χ2n) is 11.8. The van der Waals surface area contributed by atoms with Crippen molar-refractivity contribution < 1.29 is 4.79 Å². The van der Waals surface area contributed by atoms with E-state index >= 15 is 0 Å². The second-order valence-corrected chi connectivity index (χ2v) is 13.4. The van der Waals surface area contributed by atoms with E-state index in [4.69, 9.17) is 17.3 Å². The molecule has 8 rings (SSSR count).